The highest BCUT2D eigenvalue weighted by atomic mass is 35.5. The molecule has 0 saturated carbocycles. The molecule has 0 unspecified atom stereocenters. The molecule has 7 heteroatoms. The second-order valence-electron chi connectivity index (χ2n) is 5.73. The summed E-state index contributed by atoms with van der Waals surface area (Å²) in [4.78, 5) is 27.9. The summed E-state index contributed by atoms with van der Waals surface area (Å²) in [5.74, 6) is -0.305. The fourth-order valence-electron chi connectivity index (χ4n) is 2.48. The van der Waals surface area contributed by atoms with Crippen molar-refractivity contribution in [1.82, 2.24) is 4.98 Å². The molecule has 1 aromatic heterocycles. The van der Waals surface area contributed by atoms with E-state index in [0.717, 1.165) is 11.1 Å². The molecule has 0 aliphatic heterocycles. The number of nitrogens with one attached hydrogen (secondary N) is 2. The Balaban J connectivity index is 1.88. The van der Waals surface area contributed by atoms with Gasteiger partial charge < -0.3 is 15.1 Å². The predicted octanol–water partition coefficient (Wildman–Crippen LogP) is 4.51. The van der Waals surface area contributed by atoms with E-state index < -0.39 is 5.91 Å². The molecule has 0 bridgehead atoms. The van der Waals surface area contributed by atoms with Crippen LogP contribution in [0.25, 0.3) is 11.3 Å². The number of halogens is 1. The molecule has 2 N–H and O–H groups in total. The molecular weight excluding hydrogens is 354 g/mol. The topological polar surface area (TPSA) is 84.2 Å². The molecule has 0 spiro atoms. The first-order valence-electron chi connectivity index (χ1n) is 7.83. The second-order valence-corrected chi connectivity index (χ2v) is 6.14. The number of anilines is 2. The number of aryl methyl sites for hydroxylation is 1. The summed E-state index contributed by atoms with van der Waals surface area (Å²) in [5, 5.41) is 5.69. The van der Waals surface area contributed by atoms with Crippen LogP contribution in [-0.4, -0.2) is 16.8 Å². The Hall–Kier alpha value is -3.12. The fourth-order valence-corrected chi connectivity index (χ4v) is 2.65. The lowest BCUT2D eigenvalue weighted by molar-refractivity contribution is -0.114. The zero-order chi connectivity index (χ0) is 18.7. The second kappa shape index (κ2) is 7.41. The first kappa shape index (κ1) is 17.7. The lowest BCUT2D eigenvalue weighted by Gasteiger charge is -2.09. The van der Waals surface area contributed by atoms with E-state index in [0.29, 0.717) is 22.2 Å². The third-order valence-corrected chi connectivity index (χ3v) is 3.93. The summed E-state index contributed by atoms with van der Waals surface area (Å²) in [6, 6.07) is 12.4. The van der Waals surface area contributed by atoms with Crippen molar-refractivity contribution in [1.29, 1.82) is 0 Å². The van der Waals surface area contributed by atoms with Crippen LogP contribution in [0.4, 0.5) is 11.4 Å². The van der Waals surface area contributed by atoms with Crippen LogP contribution in [0.2, 0.25) is 5.02 Å². The monoisotopic (exact) mass is 369 g/mol. The number of carbonyl (C=O) groups is 2. The molecule has 0 atom stereocenters. The molecule has 0 fully saturated rings. The normalized spacial score (nSPS) is 10.4. The summed E-state index contributed by atoms with van der Waals surface area (Å²) >= 11 is 6.14. The first-order chi connectivity index (χ1) is 12.4. The number of hydrogen-bond donors (Lipinski definition) is 2. The van der Waals surface area contributed by atoms with Gasteiger partial charge in [-0.2, -0.15) is 0 Å². The Morgan fingerprint density at radius 3 is 2.65 bits per heavy atom. The molecule has 2 aromatic carbocycles. The number of carbonyl (C=O) groups excluding carboxylic acids is 2. The maximum atomic E-state index is 12.7. The number of amides is 2. The summed E-state index contributed by atoms with van der Waals surface area (Å²) < 4.78 is 5.41. The SMILES string of the molecule is CC(=O)Nc1ccc(Cl)c(NC(=O)c2ncoc2-c2cccc(C)c2)c1. The van der Waals surface area contributed by atoms with Gasteiger partial charge in [-0.25, -0.2) is 4.98 Å². The summed E-state index contributed by atoms with van der Waals surface area (Å²) in [7, 11) is 0. The Morgan fingerprint density at radius 1 is 1.12 bits per heavy atom. The van der Waals surface area contributed by atoms with Crippen LogP contribution < -0.4 is 10.6 Å². The first-order valence-corrected chi connectivity index (χ1v) is 8.21. The third kappa shape index (κ3) is 3.92. The Labute approximate surface area is 155 Å². The van der Waals surface area contributed by atoms with Crippen LogP contribution in [-0.2, 0) is 4.79 Å². The van der Waals surface area contributed by atoms with E-state index >= 15 is 0 Å². The Kier molecular flexibility index (Phi) is 5.04. The van der Waals surface area contributed by atoms with E-state index in [1.165, 1.54) is 13.3 Å². The average molecular weight is 370 g/mol. The molecule has 3 rings (SSSR count). The largest absolute Gasteiger partial charge is 0.443 e. The van der Waals surface area contributed by atoms with Gasteiger partial charge in [0, 0.05) is 18.2 Å². The zero-order valence-electron chi connectivity index (χ0n) is 14.2. The van der Waals surface area contributed by atoms with E-state index in [1.54, 1.807) is 18.2 Å². The molecule has 3 aromatic rings. The molecule has 0 radical (unpaired) electrons. The number of nitrogens with zero attached hydrogens (tertiary/aromatic N) is 1. The summed E-state index contributed by atoms with van der Waals surface area (Å²) in [6.07, 6.45) is 1.22. The number of benzene rings is 2. The summed E-state index contributed by atoms with van der Waals surface area (Å²) in [5.41, 5.74) is 2.83. The average Bonchev–Trinajstić information content (AvgIpc) is 3.07. The number of oxazole rings is 1. The standard InChI is InChI=1S/C19H16ClN3O3/c1-11-4-3-5-13(8-11)18-17(21-10-26-18)19(25)23-16-9-14(22-12(2)24)6-7-15(16)20/h3-10H,1-2H3,(H,22,24)(H,23,25). The van der Waals surface area contributed by atoms with Gasteiger partial charge in [-0.15, -0.1) is 0 Å². The maximum absolute atomic E-state index is 12.7. The molecule has 0 saturated heterocycles. The number of aromatic nitrogens is 1. The van der Waals surface area contributed by atoms with Crippen LogP contribution in [0.15, 0.2) is 53.3 Å². The number of rotatable bonds is 4. The third-order valence-electron chi connectivity index (χ3n) is 3.60. The van der Waals surface area contributed by atoms with Crippen molar-refractivity contribution in [3.63, 3.8) is 0 Å². The van der Waals surface area contributed by atoms with Gasteiger partial charge in [0.2, 0.25) is 5.91 Å². The van der Waals surface area contributed by atoms with Gasteiger partial charge >= 0.3 is 0 Å². The van der Waals surface area contributed by atoms with Gasteiger partial charge in [0.05, 0.1) is 10.7 Å². The highest BCUT2D eigenvalue weighted by molar-refractivity contribution is 6.34. The van der Waals surface area contributed by atoms with Crippen molar-refractivity contribution in [2.24, 2.45) is 0 Å². The molecule has 2 amide bonds. The Bertz CT molecular complexity index is 982. The van der Waals surface area contributed by atoms with Crippen molar-refractivity contribution < 1.29 is 14.0 Å². The van der Waals surface area contributed by atoms with Crippen molar-refractivity contribution in [3.05, 3.63) is 65.1 Å². The molecule has 0 aliphatic rings. The molecule has 0 aliphatic carbocycles. The van der Waals surface area contributed by atoms with Gasteiger partial charge in [0.25, 0.3) is 5.91 Å². The van der Waals surface area contributed by atoms with Crippen LogP contribution in [0.1, 0.15) is 23.0 Å². The van der Waals surface area contributed by atoms with Gasteiger partial charge in [0.1, 0.15) is 0 Å². The van der Waals surface area contributed by atoms with Crippen molar-refractivity contribution in [3.8, 4) is 11.3 Å². The minimum absolute atomic E-state index is 0.150. The van der Waals surface area contributed by atoms with Gasteiger partial charge in [0.15, 0.2) is 17.8 Å². The van der Waals surface area contributed by atoms with Crippen LogP contribution in [0.3, 0.4) is 0 Å². The maximum Gasteiger partial charge on any atom is 0.278 e. The van der Waals surface area contributed by atoms with E-state index in [-0.39, 0.29) is 11.6 Å². The van der Waals surface area contributed by atoms with E-state index in [1.807, 2.05) is 31.2 Å². The highest BCUT2D eigenvalue weighted by Gasteiger charge is 2.19. The molecule has 6 nitrogen and oxygen atoms in total. The van der Waals surface area contributed by atoms with Crippen LogP contribution in [0, 0.1) is 6.92 Å². The lowest BCUT2D eigenvalue weighted by atomic mass is 10.1. The fraction of sp³-hybridized carbons (Fsp3) is 0.105. The predicted molar refractivity (Wildman–Crippen MR) is 100 cm³/mol. The van der Waals surface area contributed by atoms with Crippen LogP contribution >= 0.6 is 11.6 Å². The van der Waals surface area contributed by atoms with E-state index in [9.17, 15) is 9.59 Å². The molecular formula is C19H16ClN3O3. The van der Waals surface area contributed by atoms with Crippen LogP contribution in [0.5, 0.6) is 0 Å². The Morgan fingerprint density at radius 2 is 1.92 bits per heavy atom. The smallest absolute Gasteiger partial charge is 0.278 e. The van der Waals surface area contributed by atoms with Crippen molar-refractivity contribution >= 4 is 34.8 Å². The van der Waals surface area contributed by atoms with Gasteiger partial charge in [-0.3, -0.25) is 9.59 Å². The zero-order valence-corrected chi connectivity index (χ0v) is 14.9. The minimum atomic E-state index is -0.461. The van der Waals surface area contributed by atoms with E-state index in [4.69, 9.17) is 16.0 Å². The quantitative estimate of drug-likeness (QED) is 0.708. The van der Waals surface area contributed by atoms with Gasteiger partial charge in [-0.1, -0.05) is 35.4 Å². The highest BCUT2D eigenvalue weighted by Crippen LogP contribution is 2.28. The summed E-state index contributed by atoms with van der Waals surface area (Å²) in [6.45, 7) is 3.35. The lowest BCUT2D eigenvalue weighted by Crippen LogP contribution is -2.14. The van der Waals surface area contributed by atoms with Gasteiger partial charge in [-0.05, 0) is 31.2 Å². The minimum Gasteiger partial charge on any atom is -0.443 e. The van der Waals surface area contributed by atoms with Crippen molar-refractivity contribution in [2.45, 2.75) is 13.8 Å². The molecule has 26 heavy (non-hydrogen) atoms. The van der Waals surface area contributed by atoms with E-state index in [2.05, 4.69) is 15.6 Å². The van der Waals surface area contributed by atoms with Crippen molar-refractivity contribution in [2.75, 3.05) is 10.6 Å². The number of hydrogen-bond acceptors (Lipinski definition) is 4. The molecule has 132 valence electrons. The molecule has 1 heterocycles.